The summed E-state index contributed by atoms with van der Waals surface area (Å²) < 4.78 is 2.00. The molecular formula is C17H24N2OS. The second-order valence-electron chi connectivity index (χ2n) is 4.95. The standard InChI is InChI=1S/C15H18N2OS.C2H6/c1-5-7-8-11(6-2)13-15(3,4)19-14-16-9-12(10-18)17(13)14;1-2/h5-10,13H,1H2,2-4H3;1-2H3/b8-7-,11-6+;. The predicted molar refractivity (Wildman–Crippen MR) is 91.0 cm³/mol. The van der Waals surface area contributed by atoms with Crippen LogP contribution in [-0.2, 0) is 0 Å². The molecule has 1 aromatic rings. The zero-order valence-corrected chi connectivity index (χ0v) is 14.3. The van der Waals surface area contributed by atoms with Crippen LogP contribution >= 0.6 is 11.8 Å². The summed E-state index contributed by atoms with van der Waals surface area (Å²) in [4.78, 5) is 15.5. The first kappa shape index (κ1) is 17.5. The van der Waals surface area contributed by atoms with E-state index in [9.17, 15) is 4.79 Å². The summed E-state index contributed by atoms with van der Waals surface area (Å²) in [6.07, 6.45) is 10.3. The maximum Gasteiger partial charge on any atom is 0.169 e. The van der Waals surface area contributed by atoms with Crippen molar-refractivity contribution in [2.45, 2.75) is 50.6 Å². The van der Waals surface area contributed by atoms with Gasteiger partial charge >= 0.3 is 0 Å². The maximum atomic E-state index is 11.2. The zero-order valence-electron chi connectivity index (χ0n) is 13.5. The van der Waals surface area contributed by atoms with Crippen molar-refractivity contribution in [3.05, 3.63) is 48.3 Å². The van der Waals surface area contributed by atoms with Gasteiger partial charge in [-0.1, -0.05) is 56.5 Å². The second kappa shape index (κ2) is 7.46. The minimum atomic E-state index is -0.0330. The third-order valence-electron chi connectivity index (χ3n) is 3.26. The minimum absolute atomic E-state index is 0.0330. The van der Waals surface area contributed by atoms with Crippen LogP contribution in [0.25, 0.3) is 0 Å². The third kappa shape index (κ3) is 3.38. The van der Waals surface area contributed by atoms with E-state index in [2.05, 4.69) is 31.5 Å². The summed E-state index contributed by atoms with van der Waals surface area (Å²) in [5.41, 5.74) is 1.79. The van der Waals surface area contributed by atoms with Gasteiger partial charge in [0, 0.05) is 4.75 Å². The Morgan fingerprint density at radius 1 is 1.48 bits per heavy atom. The van der Waals surface area contributed by atoms with Crippen molar-refractivity contribution < 1.29 is 4.79 Å². The van der Waals surface area contributed by atoms with E-state index >= 15 is 0 Å². The highest BCUT2D eigenvalue weighted by atomic mass is 32.2. The van der Waals surface area contributed by atoms with Crippen LogP contribution in [0.4, 0.5) is 0 Å². The summed E-state index contributed by atoms with van der Waals surface area (Å²) in [6.45, 7) is 14.1. The van der Waals surface area contributed by atoms with Crippen LogP contribution in [0.3, 0.4) is 0 Å². The first-order valence-electron chi connectivity index (χ1n) is 7.22. The number of allylic oxidation sites excluding steroid dienone is 5. The molecular weight excluding hydrogens is 280 g/mol. The molecule has 0 amide bonds. The molecule has 0 aromatic carbocycles. The van der Waals surface area contributed by atoms with Crippen molar-refractivity contribution in [3.8, 4) is 0 Å². The van der Waals surface area contributed by atoms with Gasteiger partial charge < -0.3 is 4.57 Å². The lowest BCUT2D eigenvalue weighted by Crippen LogP contribution is -2.26. The number of nitrogens with zero attached hydrogens (tertiary/aromatic N) is 2. The number of hydrogen-bond acceptors (Lipinski definition) is 3. The molecule has 1 aromatic heterocycles. The van der Waals surface area contributed by atoms with Gasteiger partial charge in [-0.15, -0.1) is 0 Å². The van der Waals surface area contributed by atoms with Crippen molar-refractivity contribution in [1.29, 1.82) is 0 Å². The molecule has 0 saturated heterocycles. The molecule has 4 heteroatoms. The molecule has 3 nitrogen and oxygen atoms in total. The molecule has 2 rings (SSSR count). The van der Waals surface area contributed by atoms with E-state index in [4.69, 9.17) is 0 Å². The predicted octanol–water partition coefficient (Wildman–Crippen LogP) is 4.84. The summed E-state index contributed by atoms with van der Waals surface area (Å²) in [5.74, 6) is 0. The minimum Gasteiger partial charge on any atom is -0.308 e. The Hall–Kier alpha value is -1.55. The Labute approximate surface area is 131 Å². The van der Waals surface area contributed by atoms with Gasteiger partial charge in [-0.3, -0.25) is 4.79 Å². The zero-order chi connectivity index (χ0) is 16.0. The average molecular weight is 304 g/mol. The van der Waals surface area contributed by atoms with Crippen LogP contribution in [0.2, 0.25) is 0 Å². The number of hydrogen-bond donors (Lipinski definition) is 0. The van der Waals surface area contributed by atoms with E-state index in [1.54, 1.807) is 24.0 Å². The SMILES string of the molecule is C=C/C=C\C(=C/C)C1n2c(C=O)cnc2SC1(C)C.CC. The molecule has 21 heavy (non-hydrogen) atoms. The topological polar surface area (TPSA) is 34.9 Å². The monoisotopic (exact) mass is 304 g/mol. The highest BCUT2D eigenvalue weighted by molar-refractivity contribution is 8.00. The Morgan fingerprint density at radius 2 is 2.14 bits per heavy atom. The Morgan fingerprint density at radius 3 is 2.67 bits per heavy atom. The Kier molecular flexibility index (Phi) is 6.21. The van der Waals surface area contributed by atoms with Crippen LogP contribution in [0.1, 0.15) is 51.1 Å². The van der Waals surface area contributed by atoms with Gasteiger partial charge in [0.15, 0.2) is 11.4 Å². The molecule has 0 radical (unpaired) electrons. The van der Waals surface area contributed by atoms with Crippen LogP contribution < -0.4 is 0 Å². The van der Waals surface area contributed by atoms with E-state index in [0.717, 1.165) is 17.0 Å². The third-order valence-corrected chi connectivity index (χ3v) is 4.49. The van der Waals surface area contributed by atoms with Gasteiger partial charge in [-0.25, -0.2) is 4.98 Å². The number of aromatic nitrogens is 2. The first-order valence-corrected chi connectivity index (χ1v) is 8.03. The molecule has 0 spiro atoms. The lowest BCUT2D eigenvalue weighted by molar-refractivity contribution is 0.111. The second-order valence-corrected chi connectivity index (χ2v) is 6.57. The fourth-order valence-electron chi connectivity index (χ4n) is 2.46. The normalized spacial score (nSPS) is 19.9. The number of rotatable bonds is 4. The number of aldehydes is 1. The highest BCUT2D eigenvalue weighted by Crippen LogP contribution is 2.51. The number of carbonyl (C=O) groups excluding carboxylic acids is 1. The number of fused-ring (bicyclic) bond motifs is 1. The van der Waals surface area contributed by atoms with Gasteiger partial charge in [0.1, 0.15) is 5.69 Å². The van der Waals surface area contributed by atoms with Gasteiger partial charge in [0.25, 0.3) is 0 Å². The molecule has 1 atom stereocenters. The largest absolute Gasteiger partial charge is 0.308 e. The van der Waals surface area contributed by atoms with E-state index < -0.39 is 0 Å². The summed E-state index contributed by atoms with van der Waals surface area (Å²) in [6, 6.07) is 0.108. The summed E-state index contributed by atoms with van der Waals surface area (Å²) in [7, 11) is 0. The van der Waals surface area contributed by atoms with Gasteiger partial charge in [-0.05, 0) is 26.3 Å². The molecule has 0 saturated carbocycles. The molecule has 0 fully saturated rings. The van der Waals surface area contributed by atoms with Crippen molar-refractivity contribution in [2.24, 2.45) is 0 Å². The van der Waals surface area contributed by atoms with E-state index in [-0.39, 0.29) is 10.8 Å². The molecule has 114 valence electrons. The van der Waals surface area contributed by atoms with E-state index in [1.807, 2.05) is 37.5 Å². The van der Waals surface area contributed by atoms with Crippen LogP contribution in [0.5, 0.6) is 0 Å². The van der Waals surface area contributed by atoms with E-state index in [1.165, 1.54) is 0 Å². The molecule has 1 unspecified atom stereocenters. The molecule has 0 N–H and O–H groups in total. The van der Waals surface area contributed by atoms with Gasteiger partial charge in [0.05, 0.1) is 12.2 Å². The van der Waals surface area contributed by atoms with Gasteiger partial charge in [0.2, 0.25) is 0 Å². The molecule has 2 heterocycles. The fraction of sp³-hybridized carbons (Fsp3) is 0.412. The van der Waals surface area contributed by atoms with Crippen molar-refractivity contribution in [2.75, 3.05) is 0 Å². The number of imidazole rings is 1. The van der Waals surface area contributed by atoms with Crippen molar-refractivity contribution in [3.63, 3.8) is 0 Å². The first-order chi connectivity index (χ1) is 10.0. The summed E-state index contributed by atoms with van der Waals surface area (Å²) in [5, 5.41) is 0.906. The lowest BCUT2D eigenvalue weighted by atomic mass is 9.94. The van der Waals surface area contributed by atoms with Crippen LogP contribution in [-0.4, -0.2) is 20.6 Å². The smallest absolute Gasteiger partial charge is 0.169 e. The number of carbonyl (C=O) groups is 1. The van der Waals surface area contributed by atoms with Crippen molar-refractivity contribution >= 4 is 18.0 Å². The molecule has 0 aliphatic carbocycles. The Bertz CT molecular complexity index is 567. The molecule has 0 bridgehead atoms. The quantitative estimate of drug-likeness (QED) is 0.590. The molecule has 1 aliphatic heterocycles. The maximum absolute atomic E-state index is 11.2. The van der Waals surface area contributed by atoms with Crippen molar-refractivity contribution in [1.82, 2.24) is 9.55 Å². The van der Waals surface area contributed by atoms with Gasteiger partial charge in [-0.2, -0.15) is 0 Å². The Balaban J connectivity index is 0.00000106. The molecule has 1 aliphatic rings. The van der Waals surface area contributed by atoms with E-state index in [0.29, 0.717) is 5.69 Å². The lowest BCUT2D eigenvalue weighted by Gasteiger charge is -2.28. The fourth-order valence-corrected chi connectivity index (χ4v) is 3.69. The average Bonchev–Trinajstić information content (AvgIpc) is 2.97. The summed E-state index contributed by atoms with van der Waals surface area (Å²) >= 11 is 1.71. The van der Waals surface area contributed by atoms with Crippen LogP contribution in [0, 0.1) is 0 Å². The van der Waals surface area contributed by atoms with Crippen LogP contribution in [0.15, 0.2) is 47.8 Å². The highest BCUT2D eigenvalue weighted by Gasteiger charge is 2.43. The number of thioether (sulfide) groups is 1.